The zero-order valence-corrected chi connectivity index (χ0v) is 9.89. The molecule has 0 saturated heterocycles. The summed E-state index contributed by atoms with van der Waals surface area (Å²) < 4.78 is 0. The molecule has 16 heavy (non-hydrogen) atoms. The fourth-order valence-corrected chi connectivity index (χ4v) is 1.51. The molecule has 0 aromatic carbocycles. The predicted molar refractivity (Wildman–Crippen MR) is 63.8 cm³/mol. The van der Waals surface area contributed by atoms with E-state index in [0.717, 1.165) is 4.88 Å². The van der Waals surface area contributed by atoms with Gasteiger partial charge in [0, 0.05) is 11.0 Å². The Morgan fingerprint density at radius 3 is 3.00 bits per heavy atom. The van der Waals surface area contributed by atoms with E-state index >= 15 is 0 Å². The van der Waals surface area contributed by atoms with Crippen LogP contribution in [0.1, 0.15) is 18.7 Å². The summed E-state index contributed by atoms with van der Waals surface area (Å²) >= 11 is 1.54. The molecule has 1 rings (SSSR count). The number of hydrogen-bond donors (Lipinski definition) is 1. The van der Waals surface area contributed by atoms with Crippen LogP contribution < -0.4 is 0 Å². The average molecular weight is 239 g/mol. The lowest BCUT2D eigenvalue weighted by Gasteiger charge is -2.00. The maximum atomic E-state index is 11.3. The van der Waals surface area contributed by atoms with E-state index in [2.05, 4.69) is 10.3 Å². The Morgan fingerprint density at radius 1 is 1.69 bits per heavy atom. The molecule has 6 heteroatoms. The smallest absolute Gasteiger partial charge is 0.210 e. The van der Waals surface area contributed by atoms with Gasteiger partial charge in [-0.25, -0.2) is 0 Å². The van der Waals surface area contributed by atoms with Gasteiger partial charge in [0.25, 0.3) is 0 Å². The number of rotatable bonds is 4. The second kappa shape index (κ2) is 6.02. The Kier molecular flexibility index (Phi) is 4.65. The lowest BCUT2D eigenvalue weighted by Crippen LogP contribution is -2.12. The summed E-state index contributed by atoms with van der Waals surface area (Å²) in [6, 6.07) is 3.37. The molecule has 1 atom stereocenters. The third kappa shape index (κ3) is 3.82. The number of nitrogens with zero attached hydrogens (tertiary/aromatic N) is 3. The second-order valence-electron chi connectivity index (χ2n) is 3.17. The molecule has 5 nitrogen and oxygen atoms in total. The van der Waals surface area contributed by atoms with E-state index in [1.165, 1.54) is 17.5 Å². The van der Waals surface area contributed by atoms with E-state index in [9.17, 15) is 5.21 Å². The highest BCUT2D eigenvalue weighted by atomic mass is 32.1. The van der Waals surface area contributed by atoms with Crippen LogP contribution in [-0.4, -0.2) is 21.8 Å². The van der Waals surface area contributed by atoms with Crippen molar-refractivity contribution in [2.45, 2.75) is 19.9 Å². The van der Waals surface area contributed by atoms with Gasteiger partial charge in [0.15, 0.2) is 6.04 Å². The van der Waals surface area contributed by atoms with Gasteiger partial charge in [-0.1, -0.05) is 16.1 Å². The lowest BCUT2D eigenvalue weighted by atomic mass is 10.2. The fraction of sp³-hybridized carbons (Fsp3) is 0.300. The molecule has 1 heterocycles. The summed E-state index contributed by atoms with van der Waals surface area (Å²) in [6.07, 6.45) is 3.01. The average Bonchev–Trinajstić information content (AvgIpc) is 2.78. The van der Waals surface area contributed by atoms with Crippen LogP contribution in [0.2, 0.25) is 0 Å². The Bertz CT molecular complexity index is 410. The van der Waals surface area contributed by atoms with E-state index in [4.69, 9.17) is 5.21 Å². The van der Waals surface area contributed by atoms with Gasteiger partial charge in [-0.2, -0.15) is 0 Å². The highest BCUT2D eigenvalue weighted by molar-refractivity contribution is 7.10. The first kappa shape index (κ1) is 12.4. The minimum absolute atomic E-state index is 0.394. The van der Waals surface area contributed by atoms with Crippen molar-refractivity contribution < 1.29 is 10.1 Å². The summed E-state index contributed by atoms with van der Waals surface area (Å²) in [7, 11) is 0. The van der Waals surface area contributed by atoms with Gasteiger partial charge in [0.1, 0.15) is 0 Å². The standard InChI is InChI=1S/C10H13N3O2S/c1-8(9(2)12-14)11-13(15)6-5-10-4-3-7-16-10/h3-8,14H,1-2H3. The lowest BCUT2D eigenvalue weighted by molar-refractivity contribution is -0.459. The van der Waals surface area contributed by atoms with Crippen LogP contribution in [-0.2, 0) is 0 Å². The maximum Gasteiger partial charge on any atom is 0.210 e. The van der Waals surface area contributed by atoms with Crippen molar-refractivity contribution in [3.63, 3.8) is 0 Å². The van der Waals surface area contributed by atoms with Crippen LogP contribution in [0.3, 0.4) is 0 Å². The number of azo groups is 1. The molecule has 1 aromatic heterocycles. The third-order valence-corrected chi connectivity index (χ3v) is 2.80. The number of hydrogen-bond acceptors (Lipinski definition) is 5. The number of hydroxylamine groups is 1. The number of thiophene rings is 1. The van der Waals surface area contributed by atoms with E-state index < -0.39 is 6.04 Å². The molecule has 0 aliphatic heterocycles. The van der Waals surface area contributed by atoms with Gasteiger partial charge in [0.2, 0.25) is 6.20 Å². The number of oxime groups is 1. The Balaban J connectivity index is 2.64. The molecule has 0 radical (unpaired) electrons. The zero-order chi connectivity index (χ0) is 12.0. The maximum absolute atomic E-state index is 11.3. The summed E-state index contributed by atoms with van der Waals surface area (Å²) in [4.78, 5) is 1.45. The molecule has 0 spiro atoms. The molecule has 0 fully saturated rings. The minimum atomic E-state index is -0.435. The van der Waals surface area contributed by atoms with E-state index in [-0.39, 0.29) is 0 Å². The highest BCUT2D eigenvalue weighted by Crippen LogP contribution is 2.10. The van der Waals surface area contributed by atoms with E-state index in [1.54, 1.807) is 19.9 Å². The molecule has 1 aromatic rings. The van der Waals surface area contributed by atoms with Crippen LogP contribution in [0.4, 0.5) is 0 Å². The van der Waals surface area contributed by atoms with Crippen LogP contribution >= 0.6 is 11.3 Å². The summed E-state index contributed by atoms with van der Waals surface area (Å²) in [5.41, 5.74) is 0.394. The van der Waals surface area contributed by atoms with Crippen LogP contribution in [0.5, 0.6) is 0 Å². The van der Waals surface area contributed by atoms with Crippen molar-refractivity contribution in [1.82, 2.24) is 0 Å². The molecule has 0 aliphatic carbocycles. The van der Waals surface area contributed by atoms with Crippen molar-refractivity contribution >= 4 is 23.1 Å². The Labute approximate surface area is 97.6 Å². The molecule has 1 unspecified atom stereocenters. The molecule has 86 valence electrons. The molecule has 0 amide bonds. The SMILES string of the molecule is CC(=NO)C(C)N=[N+]([O-])C=Cc1cccs1. The second-order valence-corrected chi connectivity index (χ2v) is 4.15. The molecule has 0 aliphatic rings. The zero-order valence-electron chi connectivity index (χ0n) is 9.07. The molecular weight excluding hydrogens is 226 g/mol. The van der Waals surface area contributed by atoms with Crippen molar-refractivity contribution in [2.75, 3.05) is 0 Å². The quantitative estimate of drug-likeness (QED) is 0.288. The van der Waals surface area contributed by atoms with Gasteiger partial charge in [-0.3, -0.25) is 0 Å². The summed E-state index contributed by atoms with van der Waals surface area (Å²) in [5.74, 6) is 0. The van der Waals surface area contributed by atoms with Crippen molar-refractivity contribution in [3.05, 3.63) is 33.8 Å². The summed E-state index contributed by atoms with van der Waals surface area (Å²) in [5, 5.41) is 28.5. The van der Waals surface area contributed by atoms with Gasteiger partial charge >= 0.3 is 0 Å². The van der Waals surface area contributed by atoms with Gasteiger partial charge in [-0.05, 0) is 30.4 Å². The third-order valence-electron chi connectivity index (χ3n) is 1.96. The van der Waals surface area contributed by atoms with Gasteiger partial charge < -0.3 is 10.4 Å². The van der Waals surface area contributed by atoms with Crippen molar-refractivity contribution in [1.29, 1.82) is 0 Å². The molecular formula is C10H13N3O2S. The van der Waals surface area contributed by atoms with Gasteiger partial charge in [0.05, 0.1) is 5.71 Å². The van der Waals surface area contributed by atoms with Crippen LogP contribution in [0.15, 0.2) is 34.0 Å². The molecule has 0 saturated carbocycles. The predicted octanol–water partition coefficient (Wildman–Crippen LogP) is 2.92. The first-order valence-corrected chi connectivity index (χ1v) is 5.59. The Morgan fingerprint density at radius 2 is 2.44 bits per heavy atom. The molecule has 0 bridgehead atoms. The van der Waals surface area contributed by atoms with Crippen LogP contribution in [0, 0.1) is 5.21 Å². The largest absolute Gasteiger partial charge is 0.595 e. The van der Waals surface area contributed by atoms with Crippen molar-refractivity contribution in [3.8, 4) is 0 Å². The van der Waals surface area contributed by atoms with E-state index in [1.807, 2.05) is 17.5 Å². The minimum Gasteiger partial charge on any atom is -0.595 e. The first-order valence-electron chi connectivity index (χ1n) is 4.71. The van der Waals surface area contributed by atoms with Gasteiger partial charge in [-0.15, -0.1) is 11.3 Å². The monoisotopic (exact) mass is 239 g/mol. The summed E-state index contributed by atoms with van der Waals surface area (Å²) in [6.45, 7) is 3.28. The highest BCUT2D eigenvalue weighted by Gasteiger charge is 2.07. The first-order chi connectivity index (χ1) is 7.63. The van der Waals surface area contributed by atoms with Crippen molar-refractivity contribution in [2.24, 2.45) is 10.3 Å². The normalized spacial score (nSPS) is 15.6. The Hall–Kier alpha value is -1.69. The molecule has 1 N–H and O–H groups in total. The van der Waals surface area contributed by atoms with Crippen LogP contribution in [0.25, 0.3) is 6.08 Å². The topological polar surface area (TPSA) is 71.0 Å². The van der Waals surface area contributed by atoms with E-state index in [0.29, 0.717) is 10.6 Å². The fourth-order valence-electron chi connectivity index (χ4n) is 0.900.